The summed E-state index contributed by atoms with van der Waals surface area (Å²) in [7, 11) is 0. The highest BCUT2D eigenvalue weighted by Crippen LogP contribution is 2.15. The minimum atomic E-state index is 0.157. The molecule has 0 aliphatic heterocycles. The molecule has 0 bridgehead atoms. The molecule has 0 heterocycles. The molecule has 0 saturated heterocycles. The van der Waals surface area contributed by atoms with Crippen LogP contribution in [0.5, 0.6) is 5.75 Å². The van der Waals surface area contributed by atoms with Crippen molar-refractivity contribution in [3.63, 3.8) is 0 Å². The van der Waals surface area contributed by atoms with Crippen LogP contribution in [0.1, 0.15) is 26.3 Å². The molecule has 0 fully saturated rings. The summed E-state index contributed by atoms with van der Waals surface area (Å²) >= 11 is 0. The van der Waals surface area contributed by atoms with E-state index in [1.807, 2.05) is 32.9 Å². The van der Waals surface area contributed by atoms with E-state index in [0.717, 1.165) is 18.7 Å². The summed E-state index contributed by atoms with van der Waals surface area (Å²) in [4.78, 5) is 0. The van der Waals surface area contributed by atoms with E-state index in [1.54, 1.807) is 0 Å². The van der Waals surface area contributed by atoms with Crippen LogP contribution in [0.4, 0.5) is 0 Å². The monoisotopic (exact) mass is 237 g/mol. The summed E-state index contributed by atoms with van der Waals surface area (Å²) < 4.78 is 5.64. The lowest BCUT2D eigenvalue weighted by molar-refractivity contribution is 0.242. The molecule has 96 valence electrons. The van der Waals surface area contributed by atoms with E-state index in [-0.39, 0.29) is 18.8 Å². The molecular weight excluding hydrogens is 214 g/mol. The first kappa shape index (κ1) is 14.0. The molecular formula is C14H23NO2. The van der Waals surface area contributed by atoms with Gasteiger partial charge in [-0.05, 0) is 51.4 Å². The Morgan fingerprint density at radius 1 is 1.29 bits per heavy atom. The van der Waals surface area contributed by atoms with Crippen LogP contribution in [0.3, 0.4) is 0 Å². The molecule has 0 aliphatic carbocycles. The van der Waals surface area contributed by atoms with Crippen LogP contribution in [0.15, 0.2) is 24.3 Å². The summed E-state index contributed by atoms with van der Waals surface area (Å²) in [6.07, 6.45) is 1.15. The first-order valence-corrected chi connectivity index (χ1v) is 6.21. The molecule has 1 aromatic carbocycles. The van der Waals surface area contributed by atoms with Crippen LogP contribution in [0, 0.1) is 0 Å². The highest BCUT2D eigenvalue weighted by Gasteiger charge is 2.01. The maximum atomic E-state index is 8.89. The Hall–Kier alpha value is -1.06. The second-order valence-electron chi connectivity index (χ2n) is 4.60. The van der Waals surface area contributed by atoms with Gasteiger partial charge < -0.3 is 15.2 Å². The highest BCUT2D eigenvalue weighted by molar-refractivity contribution is 5.28. The van der Waals surface area contributed by atoms with E-state index >= 15 is 0 Å². The van der Waals surface area contributed by atoms with Gasteiger partial charge in [-0.2, -0.15) is 0 Å². The molecule has 1 atom stereocenters. The van der Waals surface area contributed by atoms with E-state index in [9.17, 15) is 0 Å². The summed E-state index contributed by atoms with van der Waals surface area (Å²) in [5.74, 6) is 0.924. The maximum absolute atomic E-state index is 8.89. The molecule has 1 aromatic rings. The van der Waals surface area contributed by atoms with Crippen molar-refractivity contribution in [2.24, 2.45) is 0 Å². The van der Waals surface area contributed by atoms with Crippen molar-refractivity contribution >= 4 is 0 Å². The first-order chi connectivity index (χ1) is 8.11. The van der Waals surface area contributed by atoms with Gasteiger partial charge in [0.1, 0.15) is 5.75 Å². The Kier molecular flexibility index (Phi) is 6.01. The largest absolute Gasteiger partial charge is 0.491 e. The van der Waals surface area contributed by atoms with E-state index in [4.69, 9.17) is 9.84 Å². The summed E-state index contributed by atoms with van der Waals surface area (Å²) in [5.41, 5.74) is 1.25. The minimum Gasteiger partial charge on any atom is -0.491 e. The minimum absolute atomic E-state index is 0.157. The van der Waals surface area contributed by atoms with Gasteiger partial charge in [-0.1, -0.05) is 12.1 Å². The SMILES string of the molecule is CC(CO)NCCc1cccc(OC(C)C)c1. The normalized spacial score (nSPS) is 12.8. The average Bonchev–Trinajstić information content (AvgIpc) is 2.28. The van der Waals surface area contributed by atoms with Crippen molar-refractivity contribution < 1.29 is 9.84 Å². The molecule has 2 N–H and O–H groups in total. The zero-order valence-corrected chi connectivity index (χ0v) is 10.9. The van der Waals surface area contributed by atoms with Gasteiger partial charge in [-0.25, -0.2) is 0 Å². The smallest absolute Gasteiger partial charge is 0.119 e. The van der Waals surface area contributed by atoms with Gasteiger partial charge in [0.05, 0.1) is 12.7 Å². The molecule has 0 spiro atoms. The standard InChI is InChI=1S/C14H23NO2/c1-11(2)17-14-6-4-5-13(9-14)7-8-15-12(3)10-16/h4-6,9,11-12,15-16H,7-8,10H2,1-3H3. The fourth-order valence-electron chi connectivity index (χ4n) is 1.57. The Morgan fingerprint density at radius 3 is 2.71 bits per heavy atom. The number of aliphatic hydroxyl groups is 1. The number of ether oxygens (including phenoxy) is 1. The van der Waals surface area contributed by atoms with Gasteiger partial charge >= 0.3 is 0 Å². The lowest BCUT2D eigenvalue weighted by Crippen LogP contribution is -2.30. The third kappa shape index (κ3) is 5.71. The molecule has 0 aromatic heterocycles. The van der Waals surface area contributed by atoms with Gasteiger partial charge in [-0.3, -0.25) is 0 Å². The highest BCUT2D eigenvalue weighted by atomic mass is 16.5. The van der Waals surface area contributed by atoms with Gasteiger partial charge in [0.15, 0.2) is 0 Å². The quantitative estimate of drug-likeness (QED) is 0.762. The van der Waals surface area contributed by atoms with Crippen LogP contribution >= 0.6 is 0 Å². The van der Waals surface area contributed by atoms with Crippen LogP contribution in [0.25, 0.3) is 0 Å². The van der Waals surface area contributed by atoms with E-state index in [1.165, 1.54) is 5.56 Å². The van der Waals surface area contributed by atoms with Crippen molar-refractivity contribution in [3.05, 3.63) is 29.8 Å². The third-order valence-corrected chi connectivity index (χ3v) is 2.45. The Balaban J connectivity index is 2.43. The number of benzene rings is 1. The maximum Gasteiger partial charge on any atom is 0.119 e. The number of hydrogen-bond donors (Lipinski definition) is 2. The molecule has 1 rings (SSSR count). The van der Waals surface area contributed by atoms with Crippen molar-refractivity contribution in [3.8, 4) is 5.75 Å². The fourth-order valence-corrected chi connectivity index (χ4v) is 1.57. The number of nitrogens with one attached hydrogen (secondary N) is 1. The Bertz CT molecular complexity index is 326. The second kappa shape index (κ2) is 7.30. The van der Waals surface area contributed by atoms with Crippen molar-refractivity contribution in [2.75, 3.05) is 13.2 Å². The van der Waals surface area contributed by atoms with Gasteiger partial charge in [0, 0.05) is 6.04 Å². The van der Waals surface area contributed by atoms with E-state index < -0.39 is 0 Å². The number of aliphatic hydroxyl groups excluding tert-OH is 1. The van der Waals surface area contributed by atoms with Crippen molar-refractivity contribution in [1.29, 1.82) is 0 Å². The zero-order chi connectivity index (χ0) is 12.7. The molecule has 3 heteroatoms. The predicted molar refractivity (Wildman–Crippen MR) is 70.5 cm³/mol. The molecule has 1 unspecified atom stereocenters. The van der Waals surface area contributed by atoms with Crippen LogP contribution in [-0.4, -0.2) is 30.4 Å². The molecule has 0 aliphatic rings. The molecule has 0 radical (unpaired) electrons. The number of rotatable bonds is 7. The van der Waals surface area contributed by atoms with Gasteiger partial charge in [0.2, 0.25) is 0 Å². The first-order valence-electron chi connectivity index (χ1n) is 6.21. The summed E-state index contributed by atoms with van der Waals surface area (Å²) in [6.45, 7) is 7.07. The Labute approximate surface area is 104 Å². The Morgan fingerprint density at radius 2 is 2.06 bits per heavy atom. The summed E-state index contributed by atoms with van der Waals surface area (Å²) in [5, 5.41) is 12.1. The second-order valence-corrected chi connectivity index (χ2v) is 4.60. The van der Waals surface area contributed by atoms with Crippen molar-refractivity contribution in [1.82, 2.24) is 5.32 Å². The van der Waals surface area contributed by atoms with Gasteiger partial charge in [-0.15, -0.1) is 0 Å². The third-order valence-electron chi connectivity index (χ3n) is 2.45. The molecule has 17 heavy (non-hydrogen) atoms. The van der Waals surface area contributed by atoms with Crippen LogP contribution in [0.2, 0.25) is 0 Å². The average molecular weight is 237 g/mol. The lowest BCUT2D eigenvalue weighted by Gasteiger charge is -2.12. The van der Waals surface area contributed by atoms with Crippen molar-refractivity contribution in [2.45, 2.75) is 39.3 Å². The van der Waals surface area contributed by atoms with Crippen LogP contribution < -0.4 is 10.1 Å². The zero-order valence-electron chi connectivity index (χ0n) is 10.9. The molecule has 0 saturated carbocycles. The van der Waals surface area contributed by atoms with E-state index in [2.05, 4.69) is 17.4 Å². The van der Waals surface area contributed by atoms with E-state index in [0.29, 0.717) is 0 Å². The van der Waals surface area contributed by atoms with Gasteiger partial charge in [0.25, 0.3) is 0 Å². The molecule has 3 nitrogen and oxygen atoms in total. The van der Waals surface area contributed by atoms with Crippen LogP contribution in [-0.2, 0) is 6.42 Å². The molecule has 0 amide bonds. The predicted octanol–water partition coefficient (Wildman–Crippen LogP) is 1.99. The summed E-state index contributed by atoms with van der Waals surface area (Å²) in [6, 6.07) is 8.32. The topological polar surface area (TPSA) is 41.5 Å². The lowest BCUT2D eigenvalue weighted by atomic mass is 10.1. The fraction of sp³-hybridized carbons (Fsp3) is 0.571. The number of hydrogen-bond acceptors (Lipinski definition) is 3.